The third-order valence-electron chi connectivity index (χ3n) is 15.5. The van der Waals surface area contributed by atoms with E-state index in [4.69, 9.17) is 23.4 Å². The molecular weight excluding hydrogens is 845 g/mol. The van der Waals surface area contributed by atoms with Gasteiger partial charge in [0.1, 0.15) is 16.9 Å². The molecule has 0 radical (unpaired) electrons. The molecule has 4 heterocycles. The molecule has 0 unspecified atom stereocenters. The van der Waals surface area contributed by atoms with Gasteiger partial charge in [-0.3, -0.25) is 4.79 Å². The van der Waals surface area contributed by atoms with Crippen molar-refractivity contribution in [2.24, 2.45) is 11.8 Å². The van der Waals surface area contributed by atoms with Gasteiger partial charge in [-0.1, -0.05) is 98.1 Å². The minimum absolute atomic E-state index is 0.0726. The summed E-state index contributed by atoms with van der Waals surface area (Å²) in [6.45, 7) is 3.15. The van der Waals surface area contributed by atoms with Crippen molar-refractivity contribution in [3.63, 3.8) is 0 Å². The molecule has 0 saturated heterocycles. The SMILES string of the molecule is COCCc1c(CO)c2ccc3c(c2oc1=O)[C@H]1OC(=O)C[C@@H]2C[C@@H](c4cccc(Cc5ccccc5)c4)CC[C@H]2c2ccc(cc2)CC/C(=C(\C)CO)C(=O)O[C@@H]1[C@](C)(C1CCCCC1)O3. The molecule has 2 bridgehead atoms. The quantitative estimate of drug-likeness (QED) is 0.0834. The van der Waals surface area contributed by atoms with E-state index in [1.807, 2.05) is 13.0 Å². The smallest absolute Gasteiger partial charge is 0.339 e. The molecule has 10 heteroatoms. The summed E-state index contributed by atoms with van der Waals surface area (Å²) >= 11 is 0. The fourth-order valence-corrected chi connectivity index (χ4v) is 11.8. The molecule has 1 aromatic heterocycles. The van der Waals surface area contributed by atoms with Crippen LogP contribution >= 0.6 is 0 Å². The summed E-state index contributed by atoms with van der Waals surface area (Å²) in [4.78, 5) is 43.9. The van der Waals surface area contributed by atoms with Crippen LogP contribution in [-0.4, -0.2) is 54.2 Å². The monoisotopic (exact) mass is 908 g/mol. The lowest BCUT2D eigenvalue weighted by molar-refractivity contribution is -0.201. The number of ether oxygens (including phenoxy) is 4. The number of carbonyl (C=O) groups excluding carboxylic acids is 2. The molecule has 0 spiro atoms. The number of fused-ring (bicyclic) bond motifs is 11. The highest BCUT2D eigenvalue weighted by atomic mass is 16.6. The first-order chi connectivity index (χ1) is 32.6. The van der Waals surface area contributed by atoms with E-state index in [1.54, 1.807) is 26.2 Å². The maximum atomic E-state index is 15.1. The zero-order valence-electron chi connectivity index (χ0n) is 39.1. The summed E-state index contributed by atoms with van der Waals surface area (Å²) in [5.41, 5.74) is 6.11. The first-order valence-electron chi connectivity index (χ1n) is 24.4. The van der Waals surface area contributed by atoms with Gasteiger partial charge in [-0.2, -0.15) is 0 Å². The average Bonchev–Trinajstić information content (AvgIpc) is 3.34. The lowest BCUT2D eigenvalue weighted by Gasteiger charge is -2.50. The highest BCUT2D eigenvalue weighted by Gasteiger charge is 2.56. The van der Waals surface area contributed by atoms with Gasteiger partial charge in [0.25, 0.3) is 0 Å². The van der Waals surface area contributed by atoms with Gasteiger partial charge in [-0.05, 0) is 134 Å². The van der Waals surface area contributed by atoms with Gasteiger partial charge < -0.3 is 33.6 Å². The van der Waals surface area contributed by atoms with Crippen LogP contribution in [0.5, 0.6) is 5.75 Å². The lowest BCUT2D eigenvalue weighted by atomic mass is 9.68. The van der Waals surface area contributed by atoms with Gasteiger partial charge in [0, 0.05) is 42.4 Å². The van der Waals surface area contributed by atoms with Gasteiger partial charge in [-0.25, -0.2) is 9.59 Å². The largest absolute Gasteiger partial charge is 0.483 e. The first kappa shape index (κ1) is 46.6. The van der Waals surface area contributed by atoms with Crippen molar-refractivity contribution in [3.05, 3.63) is 157 Å². The zero-order valence-corrected chi connectivity index (χ0v) is 39.1. The molecule has 2 N–H and O–H groups in total. The van der Waals surface area contributed by atoms with Crippen LogP contribution in [0.3, 0.4) is 0 Å². The van der Waals surface area contributed by atoms with Crippen LogP contribution in [0.2, 0.25) is 0 Å². The Balaban J connectivity index is 1.16. The summed E-state index contributed by atoms with van der Waals surface area (Å²) in [5.74, 6) is -0.554. The summed E-state index contributed by atoms with van der Waals surface area (Å²) < 4.78 is 32.2. The molecule has 10 rings (SSSR count). The number of carbonyl (C=O) groups is 2. The molecule has 4 aromatic carbocycles. The topological polar surface area (TPSA) is 142 Å². The normalized spacial score (nSPS) is 25.6. The number of aryl methyl sites for hydroxylation is 1. The minimum Gasteiger partial charge on any atom is -0.483 e. The van der Waals surface area contributed by atoms with Crippen LogP contribution < -0.4 is 10.4 Å². The molecule has 352 valence electrons. The van der Waals surface area contributed by atoms with Crippen LogP contribution in [0.1, 0.15) is 141 Å². The number of esters is 2. The Hall–Kier alpha value is -5.55. The second-order valence-electron chi connectivity index (χ2n) is 19.6. The van der Waals surface area contributed by atoms with Gasteiger partial charge in [0.15, 0.2) is 12.2 Å². The summed E-state index contributed by atoms with van der Waals surface area (Å²) in [7, 11) is 1.54. The third kappa shape index (κ3) is 9.63. The van der Waals surface area contributed by atoms with Crippen molar-refractivity contribution in [1.82, 2.24) is 0 Å². The molecule has 2 saturated carbocycles. The van der Waals surface area contributed by atoms with E-state index in [-0.39, 0.29) is 60.9 Å². The Bertz CT molecular complexity index is 2660. The van der Waals surface area contributed by atoms with Crippen LogP contribution in [0.4, 0.5) is 0 Å². The standard InChI is InChI=1S/C57H64O10/c1-35(33-58)44-23-19-36-17-20-39(21-18-36)45-24-22-41(40-14-10-13-38(30-40)29-37-11-6-4-7-12-37)31-42(45)32-50(60)64-53-51-49(67-57(2,54(53)66-55(44)61)43-15-8-5-9-16-43)26-25-46-48(34-59)47(27-28-63-3)56(62)65-52(46)51/h4,6-7,10-14,17-18,20-21,25-26,30,41-43,45,53-54,58-59H,5,8-9,15-16,19,22-24,27-29,31-34H2,1-3H3/b44-35-/t41-,42-,45-,53+,54-,57-/m0/s1. The van der Waals surface area contributed by atoms with E-state index < -0.39 is 42.0 Å². The molecule has 0 amide bonds. The van der Waals surface area contributed by atoms with Crippen molar-refractivity contribution in [3.8, 4) is 5.75 Å². The number of aliphatic hydroxyl groups is 2. The van der Waals surface area contributed by atoms with E-state index in [0.29, 0.717) is 46.3 Å². The number of methoxy groups -OCH3 is 1. The maximum absolute atomic E-state index is 15.1. The molecule has 67 heavy (non-hydrogen) atoms. The predicted octanol–water partition coefficient (Wildman–Crippen LogP) is 10.3. The summed E-state index contributed by atoms with van der Waals surface area (Å²) in [6, 6.07) is 31.5. The average molecular weight is 909 g/mol. The van der Waals surface area contributed by atoms with E-state index in [2.05, 4.69) is 72.8 Å². The number of benzene rings is 4. The van der Waals surface area contributed by atoms with Crippen LogP contribution in [0, 0.1) is 11.8 Å². The number of rotatable bonds is 9. The zero-order chi connectivity index (χ0) is 46.7. The van der Waals surface area contributed by atoms with Gasteiger partial charge in [0.2, 0.25) is 0 Å². The molecule has 5 aromatic rings. The van der Waals surface area contributed by atoms with E-state index in [1.165, 1.54) is 22.3 Å². The van der Waals surface area contributed by atoms with Crippen LogP contribution in [0.25, 0.3) is 11.0 Å². The highest BCUT2D eigenvalue weighted by Crippen LogP contribution is 2.53. The molecule has 10 nitrogen and oxygen atoms in total. The van der Waals surface area contributed by atoms with Gasteiger partial charge >= 0.3 is 17.6 Å². The second-order valence-corrected chi connectivity index (χ2v) is 19.6. The fraction of sp³-hybridized carbons (Fsp3) is 0.456. The van der Waals surface area contributed by atoms with Crippen LogP contribution in [0.15, 0.2) is 111 Å². The van der Waals surface area contributed by atoms with Crippen molar-refractivity contribution >= 4 is 22.9 Å². The van der Waals surface area contributed by atoms with Crippen molar-refractivity contribution in [2.75, 3.05) is 20.3 Å². The van der Waals surface area contributed by atoms with Crippen molar-refractivity contribution in [2.45, 2.75) is 134 Å². The van der Waals surface area contributed by atoms with Crippen molar-refractivity contribution in [1.29, 1.82) is 0 Å². The van der Waals surface area contributed by atoms with Gasteiger partial charge in [-0.15, -0.1) is 0 Å². The lowest BCUT2D eigenvalue weighted by Crippen LogP contribution is -2.58. The number of hydrogen-bond acceptors (Lipinski definition) is 10. The van der Waals surface area contributed by atoms with Gasteiger partial charge in [0.05, 0.1) is 25.4 Å². The molecule has 2 aliphatic carbocycles. The highest BCUT2D eigenvalue weighted by molar-refractivity contribution is 5.90. The third-order valence-corrected chi connectivity index (χ3v) is 15.5. The summed E-state index contributed by atoms with van der Waals surface area (Å²) in [6.07, 6.45) is 6.86. The molecular formula is C57H64O10. The Morgan fingerprint density at radius 3 is 2.33 bits per heavy atom. The Morgan fingerprint density at radius 1 is 0.806 bits per heavy atom. The van der Waals surface area contributed by atoms with Crippen LogP contribution in [-0.2, 0) is 49.7 Å². The van der Waals surface area contributed by atoms with Crippen molar-refractivity contribution < 1.29 is 43.2 Å². The second kappa shape index (κ2) is 20.4. The number of aliphatic hydroxyl groups excluding tert-OH is 2. The van der Waals surface area contributed by atoms with E-state index in [0.717, 1.165) is 63.4 Å². The van der Waals surface area contributed by atoms with E-state index >= 15 is 4.79 Å². The molecule has 5 aliphatic rings. The fourth-order valence-electron chi connectivity index (χ4n) is 11.8. The van der Waals surface area contributed by atoms with E-state index in [9.17, 15) is 19.8 Å². The minimum atomic E-state index is -1.25. The predicted molar refractivity (Wildman–Crippen MR) is 256 cm³/mol. The Labute approximate surface area is 393 Å². The number of hydrogen-bond donors (Lipinski definition) is 2. The Morgan fingerprint density at radius 2 is 1.58 bits per heavy atom. The molecule has 2 fully saturated rings. The first-order valence-corrected chi connectivity index (χ1v) is 24.4. The molecule has 6 atom stereocenters. The molecule has 3 aliphatic heterocycles. The Kier molecular flexibility index (Phi) is 14.1. The maximum Gasteiger partial charge on any atom is 0.339 e. The summed E-state index contributed by atoms with van der Waals surface area (Å²) in [5, 5.41) is 21.7.